The summed E-state index contributed by atoms with van der Waals surface area (Å²) in [7, 11) is 0. The number of aryl methyl sites for hydroxylation is 1. The number of esters is 1. The Morgan fingerprint density at radius 2 is 1.32 bits per heavy atom. The Morgan fingerprint density at radius 3 is 1.98 bits per heavy atom. The standard InChI is InChI=1S/C35H50F2O3/c1-3-5-7-8-12-26-39-32-25-24-31(33(36)34(32)37)35(38)40-30-22-20-29(21-23-30)15-11-10-14-28-18-16-27(17-19-28)13-9-6-4-2/h20-25,27-28H,3-19,26H2,1-2H3/t27-,28-. The normalized spacial score (nSPS) is 17.1. The summed E-state index contributed by atoms with van der Waals surface area (Å²) in [6.45, 7) is 4.73. The van der Waals surface area contributed by atoms with Crippen molar-refractivity contribution in [2.24, 2.45) is 11.8 Å². The first-order valence-electron chi connectivity index (χ1n) is 15.9. The molecule has 0 heterocycles. The second-order valence-electron chi connectivity index (χ2n) is 11.7. The van der Waals surface area contributed by atoms with Crippen molar-refractivity contribution in [3.63, 3.8) is 0 Å². The number of rotatable bonds is 18. The molecule has 0 unspecified atom stereocenters. The van der Waals surface area contributed by atoms with Crippen LogP contribution >= 0.6 is 0 Å². The lowest BCUT2D eigenvalue weighted by molar-refractivity contribution is 0.0728. The number of halogens is 2. The molecule has 1 saturated carbocycles. The van der Waals surface area contributed by atoms with Crippen molar-refractivity contribution in [2.75, 3.05) is 6.61 Å². The summed E-state index contributed by atoms with van der Waals surface area (Å²) in [4.78, 5) is 12.5. The second-order valence-corrected chi connectivity index (χ2v) is 11.7. The fourth-order valence-corrected chi connectivity index (χ4v) is 5.83. The van der Waals surface area contributed by atoms with Crippen molar-refractivity contribution in [1.82, 2.24) is 0 Å². The number of unbranched alkanes of at least 4 members (excludes halogenated alkanes) is 7. The van der Waals surface area contributed by atoms with Crippen LogP contribution in [-0.2, 0) is 6.42 Å². The van der Waals surface area contributed by atoms with E-state index in [1.54, 1.807) is 12.1 Å². The summed E-state index contributed by atoms with van der Waals surface area (Å²) in [6, 6.07) is 9.84. The molecule has 5 heteroatoms. The number of benzene rings is 2. The first-order valence-corrected chi connectivity index (χ1v) is 15.9. The van der Waals surface area contributed by atoms with E-state index in [0.29, 0.717) is 12.4 Å². The van der Waals surface area contributed by atoms with E-state index in [-0.39, 0.29) is 5.75 Å². The van der Waals surface area contributed by atoms with Gasteiger partial charge in [0.2, 0.25) is 5.82 Å². The molecule has 0 aromatic heterocycles. The highest BCUT2D eigenvalue weighted by molar-refractivity contribution is 5.91. The second kappa shape index (κ2) is 18.1. The monoisotopic (exact) mass is 556 g/mol. The molecule has 222 valence electrons. The maximum Gasteiger partial charge on any atom is 0.346 e. The molecule has 1 aliphatic rings. The predicted molar refractivity (Wildman–Crippen MR) is 159 cm³/mol. The van der Waals surface area contributed by atoms with Gasteiger partial charge in [-0.2, -0.15) is 4.39 Å². The lowest BCUT2D eigenvalue weighted by Crippen LogP contribution is -2.14. The van der Waals surface area contributed by atoms with Gasteiger partial charge in [-0.1, -0.05) is 116 Å². The third-order valence-corrected chi connectivity index (χ3v) is 8.42. The molecule has 3 rings (SSSR count). The van der Waals surface area contributed by atoms with E-state index in [2.05, 4.69) is 13.8 Å². The van der Waals surface area contributed by atoms with E-state index >= 15 is 0 Å². The van der Waals surface area contributed by atoms with Gasteiger partial charge in [0, 0.05) is 0 Å². The molecule has 0 amide bonds. The molecule has 40 heavy (non-hydrogen) atoms. The van der Waals surface area contributed by atoms with Crippen LogP contribution in [0, 0.1) is 23.5 Å². The smallest absolute Gasteiger partial charge is 0.346 e. The van der Waals surface area contributed by atoms with Crippen LogP contribution in [-0.4, -0.2) is 12.6 Å². The van der Waals surface area contributed by atoms with Crippen LogP contribution in [0.2, 0.25) is 0 Å². The summed E-state index contributed by atoms with van der Waals surface area (Å²) < 4.78 is 39.8. The highest BCUT2D eigenvalue weighted by Gasteiger charge is 2.22. The average Bonchev–Trinajstić information content (AvgIpc) is 2.97. The maximum atomic E-state index is 14.6. The molecule has 0 radical (unpaired) electrons. The predicted octanol–water partition coefficient (Wildman–Crippen LogP) is 10.6. The Bertz CT molecular complexity index is 996. The van der Waals surface area contributed by atoms with Crippen LogP contribution in [0.25, 0.3) is 0 Å². The van der Waals surface area contributed by atoms with E-state index in [4.69, 9.17) is 9.47 Å². The van der Waals surface area contributed by atoms with E-state index in [1.807, 2.05) is 12.1 Å². The van der Waals surface area contributed by atoms with E-state index in [0.717, 1.165) is 56.8 Å². The highest BCUT2D eigenvalue weighted by atomic mass is 19.2. The first kappa shape index (κ1) is 32.1. The van der Waals surface area contributed by atoms with Crippen molar-refractivity contribution in [2.45, 2.75) is 123 Å². The Kier molecular flexibility index (Phi) is 14.5. The summed E-state index contributed by atoms with van der Waals surface area (Å²) in [5.41, 5.74) is 0.750. The van der Waals surface area contributed by atoms with Crippen LogP contribution in [0.15, 0.2) is 36.4 Å². The molecule has 0 spiro atoms. The molecule has 0 N–H and O–H groups in total. The fraction of sp³-hybridized carbons (Fsp3) is 0.629. The Balaban J connectivity index is 1.36. The Morgan fingerprint density at radius 1 is 0.725 bits per heavy atom. The van der Waals surface area contributed by atoms with Crippen LogP contribution in [0.3, 0.4) is 0 Å². The minimum absolute atomic E-state index is 0.177. The Labute approximate surface area is 241 Å². The molecule has 0 atom stereocenters. The van der Waals surface area contributed by atoms with Gasteiger partial charge < -0.3 is 9.47 Å². The van der Waals surface area contributed by atoms with Crippen molar-refractivity contribution in [3.05, 3.63) is 59.2 Å². The van der Waals surface area contributed by atoms with E-state index in [1.165, 1.54) is 81.9 Å². The zero-order chi connectivity index (χ0) is 28.6. The SMILES string of the molecule is CCCCCCCOc1ccc(C(=O)Oc2ccc(CCCC[C@H]3CC[C@H](CCCCC)CC3)cc2)c(F)c1F. The van der Waals surface area contributed by atoms with Gasteiger partial charge in [0.05, 0.1) is 12.2 Å². The average molecular weight is 557 g/mol. The van der Waals surface area contributed by atoms with Gasteiger partial charge in [-0.25, -0.2) is 9.18 Å². The molecule has 1 fully saturated rings. The van der Waals surface area contributed by atoms with Crippen molar-refractivity contribution < 1.29 is 23.0 Å². The van der Waals surface area contributed by atoms with Crippen LogP contribution in [0.5, 0.6) is 11.5 Å². The van der Waals surface area contributed by atoms with Gasteiger partial charge >= 0.3 is 5.97 Å². The van der Waals surface area contributed by atoms with E-state index in [9.17, 15) is 13.6 Å². The largest absolute Gasteiger partial charge is 0.490 e. The highest BCUT2D eigenvalue weighted by Crippen LogP contribution is 2.34. The molecular weight excluding hydrogens is 506 g/mol. The van der Waals surface area contributed by atoms with Gasteiger partial charge in [-0.3, -0.25) is 0 Å². The number of hydrogen-bond acceptors (Lipinski definition) is 3. The third kappa shape index (κ3) is 10.9. The first-order chi connectivity index (χ1) is 19.5. The van der Waals surface area contributed by atoms with E-state index < -0.39 is 23.2 Å². The number of ether oxygens (including phenoxy) is 2. The van der Waals surface area contributed by atoms with Crippen LogP contribution < -0.4 is 9.47 Å². The molecule has 0 bridgehead atoms. The van der Waals surface area contributed by atoms with Crippen molar-refractivity contribution in [3.8, 4) is 11.5 Å². The summed E-state index contributed by atoms with van der Waals surface area (Å²) in [5.74, 6) is -1.32. The topological polar surface area (TPSA) is 35.5 Å². The maximum absolute atomic E-state index is 14.6. The Hall–Kier alpha value is -2.43. The van der Waals surface area contributed by atoms with Gasteiger partial charge in [0.1, 0.15) is 5.75 Å². The molecule has 1 aliphatic carbocycles. The zero-order valence-electron chi connectivity index (χ0n) is 24.8. The van der Waals surface area contributed by atoms with Gasteiger partial charge in [0.25, 0.3) is 0 Å². The minimum atomic E-state index is -1.24. The quantitative estimate of drug-likeness (QED) is 0.104. The number of hydrogen-bond donors (Lipinski definition) is 0. The number of carbonyl (C=O) groups is 1. The summed E-state index contributed by atoms with van der Waals surface area (Å²) >= 11 is 0. The van der Waals surface area contributed by atoms with Gasteiger partial charge in [-0.15, -0.1) is 0 Å². The molecule has 0 aliphatic heterocycles. The molecule has 2 aromatic carbocycles. The van der Waals surface area contributed by atoms with Crippen molar-refractivity contribution in [1.29, 1.82) is 0 Å². The summed E-state index contributed by atoms with van der Waals surface area (Å²) in [6.07, 6.45) is 21.0. The minimum Gasteiger partial charge on any atom is -0.490 e. The van der Waals surface area contributed by atoms with Crippen molar-refractivity contribution >= 4 is 5.97 Å². The molecular formula is C35H50F2O3. The molecule has 2 aromatic rings. The lowest BCUT2D eigenvalue weighted by Gasteiger charge is -2.28. The zero-order valence-corrected chi connectivity index (χ0v) is 24.8. The molecule has 3 nitrogen and oxygen atoms in total. The van der Waals surface area contributed by atoms with Crippen LogP contribution in [0.4, 0.5) is 8.78 Å². The number of carbonyl (C=O) groups excluding carboxylic acids is 1. The lowest BCUT2D eigenvalue weighted by atomic mass is 9.78. The molecule has 0 saturated heterocycles. The van der Waals surface area contributed by atoms with Crippen LogP contribution in [0.1, 0.15) is 133 Å². The fourth-order valence-electron chi connectivity index (χ4n) is 5.83. The summed E-state index contributed by atoms with van der Waals surface area (Å²) in [5, 5.41) is 0. The van der Waals surface area contributed by atoms with Gasteiger partial charge in [0.15, 0.2) is 11.6 Å². The van der Waals surface area contributed by atoms with Gasteiger partial charge in [-0.05, 0) is 60.9 Å². The third-order valence-electron chi connectivity index (χ3n) is 8.42.